The second kappa shape index (κ2) is 13.2. The number of carboxylic acid groups (broad SMARTS) is 1. The number of nitrogens with two attached hydrogens (primary N) is 1. The average Bonchev–Trinajstić information content (AvgIpc) is 3.34. The molecule has 0 bridgehead atoms. The zero-order valence-corrected chi connectivity index (χ0v) is 21.4. The second-order valence-corrected chi connectivity index (χ2v) is 11.3. The van der Waals surface area contributed by atoms with E-state index in [2.05, 4.69) is 4.98 Å². The van der Waals surface area contributed by atoms with Crippen molar-refractivity contribution < 1.29 is 41.0 Å². The van der Waals surface area contributed by atoms with E-state index in [-0.39, 0.29) is 6.04 Å². The zero-order valence-electron chi connectivity index (χ0n) is 20.6. The van der Waals surface area contributed by atoms with Crippen molar-refractivity contribution in [1.82, 2.24) is 13.6 Å². The van der Waals surface area contributed by atoms with E-state index in [1.807, 2.05) is 12.1 Å². The van der Waals surface area contributed by atoms with E-state index < -0.39 is 22.4 Å². The maximum absolute atomic E-state index is 13.4. The number of morpholine rings is 1. The summed E-state index contributed by atoms with van der Waals surface area (Å²) < 4.78 is 73.2. The molecule has 0 radical (unpaired) electrons. The Bertz CT molecular complexity index is 985. The molecule has 2 atom stereocenters. The van der Waals surface area contributed by atoms with Crippen molar-refractivity contribution in [3.8, 4) is 5.88 Å². The number of aliphatic carboxylic acids is 1. The summed E-state index contributed by atoms with van der Waals surface area (Å²) in [7, 11) is -3.53. The minimum atomic E-state index is -5.08. The number of alkyl halides is 3. The van der Waals surface area contributed by atoms with Crippen molar-refractivity contribution in [2.45, 2.75) is 57.3 Å². The second-order valence-electron chi connectivity index (χ2n) is 9.46. The highest BCUT2D eigenvalue weighted by atomic mass is 32.2. The number of hydrogen-bond donors (Lipinski definition) is 2. The molecular formula is C23H35F3N4O6S. The van der Waals surface area contributed by atoms with E-state index in [4.69, 9.17) is 25.1 Å². The number of carboxylic acids is 1. The van der Waals surface area contributed by atoms with Crippen LogP contribution in [-0.4, -0.2) is 84.8 Å². The van der Waals surface area contributed by atoms with E-state index in [1.54, 1.807) is 14.8 Å². The van der Waals surface area contributed by atoms with Crippen molar-refractivity contribution in [2.75, 3.05) is 39.5 Å². The first kappa shape index (κ1) is 29.6. The van der Waals surface area contributed by atoms with Gasteiger partial charge in [-0.05, 0) is 29.9 Å². The van der Waals surface area contributed by atoms with Gasteiger partial charge < -0.3 is 20.3 Å². The predicted octanol–water partition coefficient (Wildman–Crippen LogP) is 2.40. The molecule has 1 aromatic heterocycles. The van der Waals surface area contributed by atoms with Gasteiger partial charge in [-0.2, -0.15) is 30.2 Å². The number of carbonyl (C=O) groups is 1. The molecule has 3 N–H and O–H groups in total. The monoisotopic (exact) mass is 552 g/mol. The van der Waals surface area contributed by atoms with Gasteiger partial charge in [-0.15, -0.1) is 0 Å². The summed E-state index contributed by atoms with van der Waals surface area (Å²) in [6.45, 7) is 3.07. The van der Waals surface area contributed by atoms with Crippen molar-refractivity contribution in [3.63, 3.8) is 0 Å². The largest absolute Gasteiger partial charge is 0.490 e. The molecule has 10 nitrogen and oxygen atoms in total. The highest BCUT2D eigenvalue weighted by Crippen LogP contribution is 2.39. The van der Waals surface area contributed by atoms with Crippen LogP contribution in [-0.2, 0) is 26.3 Å². The molecule has 2 aliphatic heterocycles. The summed E-state index contributed by atoms with van der Waals surface area (Å²) >= 11 is 0. The fourth-order valence-electron chi connectivity index (χ4n) is 5.07. The number of rotatable bonds is 7. The lowest BCUT2D eigenvalue weighted by Gasteiger charge is -2.33. The van der Waals surface area contributed by atoms with Gasteiger partial charge in [-0.25, -0.2) is 9.78 Å². The molecule has 1 aromatic rings. The Morgan fingerprint density at radius 1 is 1.19 bits per heavy atom. The Morgan fingerprint density at radius 3 is 2.43 bits per heavy atom. The van der Waals surface area contributed by atoms with Gasteiger partial charge in [0, 0.05) is 38.4 Å². The zero-order chi connectivity index (χ0) is 27.1. The Hall–Kier alpha value is -2.00. The summed E-state index contributed by atoms with van der Waals surface area (Å²) in [5.74, 6) is -1.24. The molecule has 0 aromatic carbocycles. The summed E-state index contributed by atoms with van der Waals surface area (Å²) in [4.78, 5) is 13.2. The van der Waals surface area contributed by atoms with Gasteiger partial charge in [0.05, 0.1) is 19.3 Å². The standard InChI is InChI=1S/C21H34N4O4S.C2HF3O2/c22-14-17-6-7-23-21(12-17)29-16-20-13-19(18-4-2-1-3-5-18)15-25(20)30(26,27)24-8-10-28-11-9-24;3-2(4,5)1(6)7/h6-7,12,18-20H,1-5,8-11,13-16,22H2;(H,6,7)/t19?,20-;/m0./s1. The lowest BCUT2D eigenvalue weighted by Crippen LogP contribution is -2.51. The van der Waals surface area contributed by atoms with Crippen molar-refractivity contribution in [2.24, 2.45) is 17.6 Å². The number of aromatic nitrogens is 1. The van der Waals surface area contributed by atoms with Crippen LogP contribution in [0.3, 0.4) is 0 Å². The van der Waals surface area contributed by atoms with Gasteiger partial charge in [-0.1, -0.05) is 32.1 Å². The Labute approximate surface area is 215 Å². The first-order valence-corrected chi connectivity index (χ1v) is 13.8. The molecule has 2 saturated heterocycles. The van der Waals surface area contributed by atoms with Crippen LogP contribution in [0.4, 0.5) is 13.2 Å². The van der Waals surface area contributed by atoms with Crippen molar-refractivity contribution in [1.29, 1.82) is 0 Å². The van der Waals surface area contributed by atoms with E-state index >= 15 is 0 Å². The van der Waals surface area contributed by atoms with Crippen molar-refractivity contribution >= 4 is 16.2 Å². The molecule has 1 aliphatic carbocycles. The molecule has 3 heterocycles. The number of ether oxygens (including phenoxy) is 2. The van der Waals surface area contributed by atoms with E-state index in [1.165, 1.54) is 32.1 Å². The molecule has 4 rings (SSSR count). The molecule has 3 aliphatic rings. The maximum Gasteiger partial charge on any atom is 0.490 e. The molecular weight excluding hydrogens is 517 g/mol. The van der Waals surface area contributed by atoms with Gasteiger partial charge in [0.1, 0.15) is 6.61 Å². The molecule has 14 heteroatoms. The third kappa shape index (κ3) is 8.24. The van der Waals surface area contributed by atoms with Crippen LogP contribution in [0.1, 0.15) is 44.1 Å². The topological polar surface area (TPSA) is 135 Å². The highest BCUT2D eigenvalue weighted by molar-refractivity contribution is 7.86. The minimum absolute atomic E-state index is 0.173. The molecule has 37 heavy (non-hydrogen) atoms. The normalized spacial score (nSPS) is 24.3. The lowest BCUT2D eigenvalue weighted by atomic mass is 9.79. The number of hydrogen-bond acceptors (Lipinski definition) is 7. The van der Waals surface area contributed by atoms with Gasteiger partial charge in [0.2, 0.25) is 5.88 Å². The van der Waals surface area contributed by atoms with E-state index in [9.17, 15) is 21.6 Å². The number of halogens is 3. The fourth-order valence-corrected chi connectivity index (χ4v) is 6.88. The van der Waals surface area contributed by atoms with E-state index in [0.29, 0.717) is 63.7 Å². The van der Waals surface area contributed by atoms with Crippen LogP contribution in [0.2, 0.25) is 0 Å². The number of nitrogens with zero attached hydrogens (tertiary/aromatic N) is 3. The smallest absolute Gasteiger partial charge is 0.476 e. The van der Waals surface area contributed by atoms with Crippen LogP contribution < -0.4 is 10.5 Å². The summed E-state index contributed by atoms with van der Waals surface area (Å²) in [6.07, 6.45) is 3.69. The fraction of sp³-hybridized carbons (Fsp3) is 0.739. The summed E-state index contributed by atoms with van der Waals surface area (Å²) in [6, 6.07) is 3.51. The van der Waals surface area contributed by atoms with Gasteiger partial charge in [0.15, 0.2) is 0 Å². The van der Waals surface area contributed by atoms with E-state index in [0.717, 1.165) is 12.0 Å². The van der Waals surface area contributed by atoms with Crippen LogP contribution in [0, 0.1) is 11.8 Å². The SMILES string of the molecule is NCc1ccnc(OC[C@@H]2CC(C3CCCCC3)CN2S(=O)(=O)N2CCOCC2)c1.O=C(O)C(F)(F)F. The third-order valence-electron chi connectivity index (χ3n) is 7.01. The van der Waals surface area contributed by atoms with Gasteiger partial charge in [-0.3, -0.25) is 0 Å². The Balaban J connectivity index is 0.000000479. The third-order valence-corrected chi connectivity index (χ3v) is 9.06. The quantitative estimate of drug-likeness (QED) is 0.527. The van der Waals surface area contributed by atoms with Crippen LogP contribution in [0.25, 0.3) is 0 Å². The lowest BCUT2D eigenvalue weighted by molar-refractivity contribution is -0.192. The molecule has 1 saturated carbocycles. The van der Waals surface area contributed by atoms with Crippen LogP contribution >= 0.6 is 0 Å². The first-order chi connectivity index (χ1) is 17.5. The minimum Gasteiger partial charge on any atom is -0.476 e. The Morgan fingerprint density at radius 2 is 1.84 bits per heavy atom. The van der Waals surface area contributed by atoms with Gasteiger partial charge >= 0.3 is 12.1 Å². The summed E-state index contributed by atoms with van der Waals surface area (Å²) in [5.41, 5.74) is 6.66. The summed E-state index contributed by atoms with van der Waals surface area (Å²) in [5, 5.41) is 7.12. The molecule has 1 unspecified atom stereocenters. The van der Waals surface area contributed by atoms with Crippen LogP contribution in [0.15, 0.2) is 18.3 Å². The van der Waals surface area contributed by atoms with Crippen LogP contribution in [0.5, 0.6) is 5.88 Å². The first-order valence-electron chi connectivity index (χ1n) is 12.4. The average molecular weight is 553 g/mol. The number of pyridine rings is 1. The molecule has 3 fully saturated rings. The Kier molecular flexibility index (Phi) is 10.5. The van der Waals surface area contributed by atoms with Crippen molar-refractivity contribution in [3.05, 3.63) is 23.9 Å². The molecule has 0 spiro atoms. The predicted molar refractivity (Wildman–Crippen MR) is 128 cm³/mol. The molecule has 210 valence electrons. The maximum atomic E-state index is 13.4. The highest BCUT2D eigenvalue weighted by Gasteiger charge is 2.45. The molecule has 0 amide bonds. The van der Waals surface area contributed by atoms with Gasteiger partial charge in [0.25, 0.3) is 10.2 Å².